The molecule has 0 saturated heterocycles. The van der Waals surface area contributed by atoms with Crippen LogP contribution in [0.15, 0.2) is 418 Å². The van der Waals surface area contributed by atoms with E-state index in [-0.39, 0.29) is 68.6 Å². The molecular weight excluding hydrogens is 2360 g/mol. The molecule has 13 heterocycles. The smallest absolute Gasteiger partial charge is 0.178 e. The van der Waals surface area contributed by atoms with Crippen molar-refractivity contribution >= 4 is 134 Å². The molecule has 672 valence electrons. The number of pyridine rings is 3. The number of ether oxygens (including phenoxy) is 3. The van der Waals surface area contributed by atoms with Crippen molar-refractivity contribution in [1.82, 2.24) is 58.0 Å². The summed E-state index contributed by atoms with van der Waals surface area (Å²) in [4.78, 5) is 16.4. The van der Waals surface area contributed by atoms with Gasteiger partial charge >= 0.3 is 279 Å². The van der Waals surface area contributed by atoms with E-state index in [1.807, 2.05) is 178 Å². The molecule has 24 aromatic rings. The Morgan fingerprint density at radius 2 is 0.645 bits per heavy atom. The van der Waals surface area contributed by atoms with E-state index in [2.05, 4.69) is 337 Å². The Morgan fingerprint density at radius 1 is 0.270 bits per heavy atom. The van der Waals surface area contributed by atoms with Crippen LogP contribution >= 0.6 is 0 Å². The van der Waals surface area contributed by atoms with Crippen LogP contribution in [-0.2, 0) is 68.6 Å². The van der Waals surface area contributed by atoms with Gasteiger partial charge in [0.1, 0.15) is 11.6 Å². The van der Waals surface area contributed by atoms with E-state index in [1.165, 1.54) is 78.8 Å². The number of allylic oxidation sites excluding steroid dienone is 1. The van der Waals surface area contributed by atoms with Gasteiger partial charge in [0.05, 0.1) is 29.2 Å². The standard InChI is InChI=1S/C41H24N4O.C40H24GeN4O.C40H24N4OSi.3Pt/c2*1-4-15-34-30(12-1)31-13-2-5-16-35(31)41(34)22-21-38-36(41)26-43-45(38)27-10-9-11-28(24-27)46-29-19-20-33-32-14-3-6-17-37(32)44(39(33)25-29)40-18-7-8-23-42-40;1-4-15-34-30(12-1)31-20-19-29(25-36(31)43(34)40-18-7-8-22-41-40)45-28-11-9-10-27(24-28)44-35-21-23-46(39(35)26-42-44)37-16-5-2-13-32(37)33-14-3-6-17-38(33)46;;;/h3*1-23,26H;;;/q3*-2;3*+2. The molecular formula is C121H72GeN12O3Pt3Si. The van der Waals surface area contributed by atoms with Gasteiger partial charge in [-0.3, -0.25) is 9.36 Å². The quantitative estimate of drug-likeness (QED) is 0.0865. The predicted octanol–water partition coefficient (Wildman–Crippen LogP) is 22.6. The molecule has 15 aromatic carbocycles. The molecule has 30 rings (SSSR count). The Labute approximate surface area is 857 Å². The van der Waals surface area contributed by atoms with Crippen molar-refractivity contribution in [3.8, 4) is 102 Å². The van der Waals surface area contributed by atoms with Crippen LogP contribution in [0.4, 0.5) is 0 Å². The summed E-state index contributed by atoms with van der Waals surface area (Å²) in [7, 11) is -2.31. The summed E-state index contributed by atoms with van der Waals surface area (Å²) in [5.74, 6) is 6.13. The molecule has 4 aliphatic heterocycles. The number of aromatic nitrogens is 12. The summed E-state index contributed by atoms with van der Waals surface area (Å²) in [5.41, 5.74) is 25.6. The zero-order valence-electron chi connectivity index (χ0n) is 74.6. The molecule has 0 saturated carbocycles. The summed E-state index contributed by atoms with van der Waals surface area (Å²) >= 11 is -3.00. The molecule has 0 N–H and O–H groups in total. The fraction of sp³-hybridized carbons (Fsp3) is 0.00826. The first-order chi connectivity index (χ1) is 68.4. The van der Waals surface area contributed by atoms with Gasteiger partial charge in [0.25, 0.3) is 0 Å². The summed E-state index contributed by atoms with van der Waals surface area (Å²) < 4.78 is 35.9. The number of para-hydroxylation sites is 3. The third kappa shape index (κ3) is 13.5. The molecule has 20 heteroatoms. The average molecular weight is 2430 g/mol. The predicted molar refractivity (Wildman–Crippen MR) is 552 cm³/mol. The molecule has 3 spiro atoms. The summed E-state index contributed by atoms with van der Waals surface area (Å²) in [6.45, 7) is 0. The van der Waals surface area contributed by atoms with Gasteiger partial charge < -0.3 is 18.6 Å². The Kier molecular flexibility index (Phi) is 21.3. The zero-order valence-corrected chi connectivity index (χ0v) is 84.5. The van der Waals surface area contributed by atoms with Crippen molar-refractivity contribution < 1.29 is 77.4 Å². The van der Waals surface area contributed by atoms with Gasteiger partial charge in [0.15, 0.2) is 8.07 Å². The van der Waals surface area contributed by atoms with Crippen LogP contribution < -0.4 is 43.0 Å². The molecule has 141 heavy (non-hydrogen) atoms. The minimum absolute atomic E-state index is 0. The van der Waals surface area contributed by atoms with Crippen LogP contribution in [0, 0.1) is 36.4 Å². The van der Waals surface area contributed by atoms with Crippen LogP contribution in [0.25, 0.3) is 152 Å². The fourth-order valence-electron chi connectivity index (χ4n) is 22.3. The van der Waals surface area contributed by atoms with Gasteiger partial charge in [0.2, 0.25) is 0 Å². The van der Waals surface area contributed by atoms with Gasteiger partial charge in [-0.25, -0.2) is 15.0 Å². The van der Waals surface area contributed by atoms with E-state index >= 15 is 0 Å². The molecule has 2 aliphatic carbocycles. The number of nitrogens with zero attached hydrogens (tertiary/aromatic N) is 12. The van der Waals surface area contributed by atoms with Crippen LogP contribution in [-0.4, -0.2) is 79.3 Å². The molecule has 0 radical (unpaired) electrons. The van der Waals surface area contributed by atoms with Crippen molar-refractivity contribution in [2.75, 3.05) is 0 Å². The zero-order chi connectivity index (χ0) is 90.7. The van der Waals surface area contributed by atoms with Crippen LogP contribution in [0.5, 0.6) is 34.5 Å². The van der Waals surface area contributed by atoms with Gasteiger partial charge in [-0.2, -0.15) is 34.5 Å². The summed E-state index contributed by atoms with van der Waals surface area (Å²) in [6, 6.07) is 147. The molecule has 0 fully saturated rings. The number of fused-ring (bicyclic) bond motifs is 30. The van der Waals surface area contributed by atoms with Crippen LogP contribution in [0.3, 0.4) is 0 Å². The normalized spacial score (nSPS) is 13.4. The maximum Gasteiger partial charge on any atom is 0.178 e. The van der Waals surface area contributed by atoms with Gasteiger partial charge in [0, 0.05) is 58.2 Å². The van der Waals surface area contributed by atoms with E-state index in [1.54, 1.807) is 0 Å². The van der Waals surface area contributed by atoms with Gasteiger partial charge in [-0.05, 0) is 138 Å². The first-order valence-corrected chi connectivity index (χ1v) is 52.5. The van der Waals surface area contributed by atoms with Crippen molar-refractivity contribution in [3.05, 3.63) is 488 Å². The molecule has 0 unspecified atom stereocenters. The molecule has 15 nitrogen and oxygen atoms in total. The van der Waals surface area contributed by atoms with Crippen molar-refractivity contribution in [2.24, 2.45) is 0 Å². The number of hydrogen-bond acceptors (Lipinski definition) is 9. The van der Waals surface area contributed by atoms with E-state index < -0.39 is 21.3 Å². The molecule has 0 atom stereocenters. The molecule has 0 amide bonds. The van der Waals surface area contributed by atoms with E-state index in [0.717, 1.165) is 117 Å². The maximum absolute atomic E-state index is 6.43. The number of benzene rings is 15. The first-order valence-electron chi connectivity index (χ1n) is 46.0. The Balaban J connectivity index is 0.000000110. The third-order valence-corrected chi connectivity index (χ3v) is 41.9. The van der Waals surface area contributed by atoms with E-state index in [4.69, 9.17) is 29.5 Å². The first kappa shape index (κ1) is 86.8. The van der Waals surface area contributed by atoms with E-state index in [0.29, 0.717) is 34.5 Å². The van der Waals surface area contributed by atoms with Gasteiger partial charge in [-0.1, -0.05) is 193 Å². The second kappa shape index (κ2) is 34.7. The average Bonchev–Trinajstić information content (AvgIpc) is 1.53. The monoisotopic (exact) mass is 2430 g/mol. The van der Waals surface area contributed by atoms with Crippen molar-refractivity contribution in [2.45, 2.75) is 5.41 Å². The SMILES string of the molecule is [Pt+2].[Pt+2].[Pt+2].[c-]1c(Oc2[c-]c3c(cc2)c2ccccc2n3-c2ccccn2)cccc1-n1nc[c]2c1C=[CH][Ge]21[c]2ccccc2-c2cccc[c]21.[c-]1c(Oc2[c-]c3c(cc2)c2ccccc2n3-c2ccccn2)cccc1-n1ncc2c1C=CC21c2ccccc2-c2ccccc21.[c-]1c(Oc2[c-]c3c(cc2)c2ccccc2n3-c2ccccn2)cccc1-n1ncc2c1C=C[Si]21c2ccccc2-c2ccccc21. The molecule has 9 aromatic heterocycles. The van der Waals surface area contributed by atoms with E-state index in [9.17, 15) is 0 Å². The summed E-state index contributed by atoms with van der Waals surface area (Å²) in [6.07, 6.45) is 20.7. The summed E-state index contributed by atoms with van der Waals surface area (Å²) in [5, 5.41) is 25.7. The number of rotatable bonds is 12. The maximum atomic E-state index is 6.43. The van der Waals surface area contributed by atoms with Gasteiger partial charge in [-0.15, -0.1) is 71.4 Å². The second-order valence-electron chi connectivity index (χ2n) is 35.1. The Bertz CT molecular complexity index is 8300. The molecule has 0 bridgehead atoms. The molecule has 6 aliphatic rings. The minimum Gasteiger partial charge on any atom is -0.509 e. The Morgan fingerprint density at radius 3 is 1.10 bits per heavy atom. The third-order valence-electron chi connectivity index (χ3n) is 28.1. The van der Waals surface area contributed by atoms with Crippen LogP contribution in [0.1, 0.15) is 33.8 Å². The number of hydrogen-bond donors (Lipinski definition) is 0. The topological polar surface area (TPSA) is 135 Å². The van der Waals surface area contributed by atoms with Crippen molar-refractivity contribution in [1.29, 1.82) is 0 Å². The fourth-order valence-corrected chi connectivity index (χ4v) is 36.8. The van der Waals surface area contributed by atoms with Crippen molar-refractivity contribution in [3.63, 3.8) is 0 Å². The second-order valence-corrected chi connectivity index (χ2v) is 46.2. The Hall–Kier alpha value is -15.8. The van der Waals surface area contributed by atoms with Crippen LogP contribution in [0.2, 0.25) is 0 Å². The largest absolute Gasteiger partial charge is 0.509 e. The minimum atomic E-state index is -3.00.